The minimum absolute atomic E-state index is 0.194. The predicted molar refractivity (Wildman–Crippen MR) is 67.4 cm³/mol. The number of aromatic carboxylic acids is 1. The number of hydrogen-bond acceptors (Lipinski definition) is 4. The average Bonchev–Trinajstić information content (AvgIpc) is 2.75. The van der Waals surface area contributed by atoms with E-state index in [1.54, 1.807) is 0 Å². The molecule has 0 spiro atoms. The van der Waals surface area contributed by atoms with Crippen molar-refractivity contribution >= 4 is 21.7 Å². The highest BCUT2D eigenvalue weighted by molar-refractivity contribution is 7.92. The third-order valence-corrected chi connectivity index (χ3v) is 3.86. The summed E-state index contributed by atoms with van der Waals surface area (Å²) in [5.41, 5.74) is -0.457. The average molecular weight is 299 g/mol. The number of carboxylic acids is 1. The first-order valence-corrected chi connectivity index (χ1v) is 6.81. The van der Waals surface area contributed by atoms with Crippen LogP contribution in [0, 0.1) is 5.82 Å². The summed E-state index contributed by atoms with van der Waals surface area (Å²) in [6.45, 7) is 0. The van der Waals surface area contributed by atoms with Crippen LogP contribution in [0.1, 0.15) is 10.5 Å². The Morgan fingerprint density at radius 2 is 2.20 bits per heavy atom. The normalized spacial score (nSPS) is 11.3. The number of aromatic nitrogens is 2. The molecule has 2 heterocycles. The second-order valence-corrected chi connectivity index (χ2v) is 5.62. The van der Waals surface area contributed by atoms with Gasteiger partial charge in [0, 0.05) is 19.4 Å². The molecule has 0 bridgehead atoms. The molecule has 2 N–H and O–H groups in total. The van der Waals surface area contributed by atoms with Gasteiger partial charge in [0.15, 0.2) is 5.82 Å². The molecule has 0 amide bonds. The van der Waals surface area contributed by atoms with E-state index < -0.39 is 21.8 Å². The van der Waals surface area contributed by atoms with Crippen molar-refractivity contribution in [2.75, 3.05) is 4.72 Å². The number of anilines is 1. The van der Waals surface area contributed by atoms with Crippen LogP contribution in [0.25, 0.3) is 0 Å². The molecule has 9 heteroatoms. The fourth-order valence-corrected chi connectivity index (χ4v) is 2.69. The van der Waals surface area contributed by atoms with Crippen molar-refractivity contribution in [2.45, 2.75) is 4.90 Å². The van der Waals surface area contributed by atoms with Gasteiger partial charge in [-0.2, -0.15) is 0 Å². The largest absolute Gasteiger partial charge is 0.477 e. The first kappa shape index (κ1) is 14.0. The summed E-state index contributed by atoms with van der Waals surface area (Å²) in [4.78, 5) is 14.1. The Hall–Kier alpha value is -2.42. The molecule has 0 radical (unpaired) electrons. The van der Waals surface area contributed by atoms with Crippen LogP contribution in [0.15, 0.2) is 35.6 Å². The molecule has 106 valence electrons. The highest BCUT2D eigenvalue weighted by Crippen LogP contribution is 2.19. The second kappa shape index (κ2) is 4.93. The molecular weight excluding hydrogens is 289 g/mol. The summed E-state index contributed by atoms with van der Waals surface area (Å²) in [5.74, 6) is -2.09. The van der Waals surface area contributed by atoms with Gasteiger partial charge in [-0.3, -0.25) is 9.71 Å². The van der Waals surface area contributed by atoms with Crippen molar-refractivity contribution in [2.24, 2.45) is 7.05 Å². The van der Waals surface area contributed by atoms with Crippen LogP contribution in [-0.4, -0.2) is 29.0 Å². The van der Waals surface area contributed by atoms with Gasteiger partial charge in [-0.15, -0.1) is 0 Å². The molecule has 0 aliphatic heterocycles. The van der Waals surface area contributed by atoms with Crippen molar-refractivity contribution in [3.05, 3.63) is 42.2 Å². The number of nitrogens with one attached hydrogen (secondary N) is 1. The standard InChI is InChI=1S/C11H10FN3O4S/c1-15-6-7(4-10(15)11(16)17)20(18,19)14-9-2-3-13-5-8(9)12/h2-6H,1H3,(H,13,14)(H,16,17). The van der Waals surface area contributed by atoms with Gasteiger partial charge in [-0.1, -0.05) is 0 Å². The Morgan fingerprint density at radius 1 is 1.50 bits per heavy atom. The van der Waals surface area contributed by atoms with Gasteiger partial charge in [0.2, 0.25) is 0 Å². The van der Waals surface area contributed by atoms with Gasteiger partial charge in [0.1, 0.15) is 10.6 Å². The number of aryl methyl sites for hydroxylation is 1. The molecule has 0 fully saturated rings. The van der Waals surface area contributed by atoms with Gasteiger partial charge < -0.3 is 9.67 Å². The quantitative estimate of drug-likeness (QED) is 0.879. The van der Waals surface area contributed by atoms with E-state index >= 15 is 0 Å². The van der Waals surface area contributed by atoms with Crippen LogP contribution in [0.3, 0.4) is 0 Å². The van der Waals surface area contributed by atoms with Gasteiger partial charge in [-0.05, 0) is 12.1 Å². The molecule has 0 unspecified atom stereocenters. The van der Waals surface area contributed by atoms with E-state index in [4.69, 9.17) is 5.11 Å². The summed E-state index contributed by atoms with van der Waals surface area (Å²) in [6.07, 6.45) is 3.23. The lowest BCUT2D eigenvalue weighted by molar-refractivity contribution is 0.0686. The van der Waals surface area contributed by atoms with Crippen LogP contribution in [0.5, 0.6) is 0 Å². The number of rotatable bonds is 4. The van der Waals surface area contributed by atoms with Crippen molar-refractivity contribution in [1.82, 2.24) is 9.55 Å². The Morgan fingerprint density at radius 3 is 2.75 bits per heavy atom. The molecule has 0 saturated heterocycles. The Kier molecular flexibility index (Phi) is 3.45. The lowest BCUT2D eigenvalue weighted by Gasteiger charge is -2.06. The molecular formula is C11H10FN3O4S. The predicted octanol–water partition coefficient (Wildman–Crippen LogP) is 1.06. The molecule has 7 nitrogen and oxygen atoms in total. The monoisotopic (exact) mass is 299 g/mol. The van der Waals surface area contributed by atoms with E-state index in [0.717, 1.165) is 29.1 Å². The third kappa shape index (κ3) is 2.62. The molecule has 2 aromatic heterocycles. The first-order valence-electron chi connectivity index (χ1n) is 5.33. The SMILES string of the molecule is Cn1cc(S(=O)(=O)Nc2ccncc2F)cc1C(=O)O. The summed E-state index contributed by atoms with van der Waals surface area (Å²) in [6, 6.07) is 2.15. The van der Waals surface area contributed by atoms with Gasteiger partial charge in [0.25, 0.3) is 10.0 Å². The summed E-state index contributed by atoms with van der Waals surface area (Å²) >= 11 is 0. The number of carbonyl (C=O) groups is 1. The van der Waals surface area contributed by atoms with Crippen molar-refractivity contribution in [1.29, 1.82) is 0 Å². The Balaban J connectivity index is 2.39. The zero-order chi connectivity index (χ0) is 14.9. The lowest BCUT2D eigenvalue weighted by Crippen LogP contribution is -2.13. The zero-order valence-corrected chi connectivity index (χ0v) is 11.1. The van der Waals surface area contributed by atoms with Gasteiger partial charge in [-0.25, -0.2) is 17.6 Å². The van der Waals surface area contributed by atoms with E-state index in [2.05, 4.69) is 4.98 Å². The topological polar surface area (TPSA) is 101 Å². The highest BCUT2D eigenvalue weighted by Gasteiger charge is 2.21. The van der Waals surface area contributed by atoms with E-state index in [9.17, 15) is 17.6 Å². The molecule has 0 atom stereocenters. The lowest BCUT2D eigenvalue weighted by atomic mass is 10.4. The van der Waals surface area contributed by atoms with Gasteiger partial charge >= 0.3 is 5.97 Å². The summed E-state index contributed by atoms with van der Waals surface area (Å²) in [5, 5.41) is 8.87. The Labute approximate surface area is 113 Å². The Bertz CT molecular complexity index is 770. The summed E-state index contributed by atoms with van der Waals surface area (Å²) < 4.78 is 40.6. The minimum Gasteiger partial charge on any atom is -0.477 e. The fourth-order valence-electron chi connectivity index (χ4n) is 1.56. The smallest absolute Gasteiger partial charge is 0.352 e. The van der Waals surface area contributed by atoms with Crippen LogP contribution < -0.4 is 4.72 Å². The number of hydrogen-bond donors (Lipinski definition) is 2. The van der Waals surface area contributed by atoms with Crippen LogP contribution in [0.4, 0.5) is 10.1 Å². The molecule has 20 heavy (non-hydrogen) atoms. The molecule has 0 saturated carbocycles. The second-order valence-electron chi connectivity index (χ2n) is 3.94. The van der Waals surface area contributed by atoms with Crippen molar-refractivity contribution in [3.8, 4) is 0 Å². The van der Waals surface area contributed by atoms with E-state index in [1.807, 2.05) is 4.72 Å². The number of halogens is 1. The number of nitrogens with zero attached hydrogens (tertiary/aromatic N) is 2. The maximum atomic E-state index is 13.4. The molecule has 2 rings (SSSR count). The van der Waals surface area contributed by atoms with Crippen LogP contribution in [0.2, 0.25) is 0 Å². The first-order chi connectivity index (χ1) is 9.31. The van der Waals surface area contributed by atoms with E-state index in [-0.39, 0.29) is 16.3 Å². The third-order valence-electron chi connectivity index (χ3n) is 2.53. The van der Waals surface area contributed by atoms with Gasteiger partial charge in [0.05, 0.1) is 11.9 Å². The summed E-state index contributed by atoms with van der Waals surface area (Å²) in [7, 11) is -2.67. The molecule has 0 aromatic carbocycles. The maximum Gasteiger partial charge on any atom is 0.352 e. The van der Waals surface area contributed by atoms with E-state index in [1.165, 1.54) is 13.2 Å². The van der Waals surface area contributed by atoms with Crippen molar-refractivity contribution in [3.63, 3.8) is 0 Å². The number of sulfonamides is 1. The number of pyridine rings is 1. The molecule has 0 aliphatic rings. The van der Waals surface area contributed by atoms with Crippen molar-refractivity contribution < 1.29 is 22.7 Å². The minimum atomic E-state index is -4.07. The molecule has 0 aliphatic carbocycles. The van der Waals surface area contributed by atoms with E-state index in [0.29, 0.717) is 0 Å². The van der Waals surface area contributed by atoms with Crippen LogP contribution in [-0.2, 0) is 17.1 Å². The van der Waals surface area contributed by atoms with Crippen LogP contribution >= 0.6 is 0 Å². The zero-order valence-electron chi connectivity index (χ0n) is 10.2. The highest BCUT2D eigenvalue weighted by atomic mass is 32.2. The molecule has 2 aromatic rings. The maximum absolute atomic E-state index is 13.4. The fraction of sp³-hybridized carbons (Fsp3) is 0.0909. The number of carboxylic acid groups (broad SMARTS) is 1.